The molecule has 0 heterocycles. The van der Waals surface area contributed by atoms with E-state index in [-0.39, 0.29) is 11.9 Å². The number of fused-ring (bicyclic) bond motifs is 1. The van der Waals surface area contributed by atoms with Crippen LogP contribution in [0.5, 0.6) is 0 Å². The average molecular weight is 267 g/mol. The molecule has 1 aromatic carbocycles. The highest BCUT2D eigenvalue weighted by Crippen LogP contribution is 2.32. The molecule has 0 bridgehead atoms. The van der Waals surface area contributed by atoms with Crippen molar-refractivity contribution >= 4 is 0 Å². The van der Waals surface area contributed by atoms with Gasteiger partial charge >= 0.3 is 0 Å². The van der Waals surface area contributed by atoms with Crippen molar-refractivity contribution in [2.24, 2.45) is 0 Å². The maximum Gasteiger partial charge on any atom is 0.126 e. The summed E-state index contributed by atoms with van der Waals surface area (Å²) in [5, 5.41) is 13.5. The van der Waals surface area contributed by atoms with E-state index in [9.17, 15) is 9.50 Å². The first-order chi connectivity index (χ1) is 9.03. The van der Waals surface area contributed by atoms with Crippen LogP contribution in [0, 0.1) is 5.82 Å². The number of hydrogen-bond donors (Lipinski definition) is 2. The van der Waals surface area contributed by atoms with Crippen molar-refractivity contribution in [3.05, 3.63) is 35.1 Å². The standard InChI is InChI=1S/C15H22FNO2/c1-15(18,8-9-19-2)10-17-14-7-6-11-12(14)4-3-5-13(11)16/h3-5,14,17-18H,6-10H2,1-2H3. The number of nitrogens with one attached hydrogen (secondary N) is 1. The number of aliphatic hydroxyl groups is 1. The van der Waals surface area contributed by atoms with Crippen molar-refractivity contribution in [3.63, 3.8) is 0 Å². The molecule has 0 radical (unpaired) electrons. The lowest BCUT2D eigenvalue weighted by atomic mass is 10.0. The second-order valence-corrected chi connectivity index (χ2v) is 5.52. The first kappa shape index (κ1) is 14.4. The summed E-state index contributed by atoms with van der Waals surface area (Å²) < 4.78 is 18.6. The fraction of sp³-hybridized carbons (Fsp3) is 0.600. The van der Waals surface area contributed by atoms with Crippen LogP contribution in [-0.4, -0.2) is 31.0 Å². The Morgan fingerprint density at radius 1 is 1.53 bits per heavy atom. The molecule has 2 N–H and O–H groups in total. The van der Waals surface area contributed by atoms with E-state index >= 15 is 0 Å². The molecule has 0 fully saturated rings. The minimum absolute atomic E-state index is 0.118. The summed E-state index contributed by atoms with van der Waals surface area (Å²) >= 11 is 0. The van der Waals surface area contributed by atoms with E-state index in [1.807, 2.05) is 6.07 Å². The fourth-order valence-corrected chi connectivity index (χ4v) is 2.58. The lowest BCUT2D eigenvalue weighted by molar-refractivity contribution is 0.0227. The van der Waals surface area contributed by atoms with Crippen molar-refractivity contribution in [2.75, 3.05) is 20.3 Å². The molecule has 2 rings (SSSR count). The molecule has 0 aliphatic heterocycles. The van der Waals surface area contributed by atoms with Crippen LogP contribution in [0.25, 0.3) is 0 Å². The molecule has 2 atom stereocenters. The minimum Gasteiger partial charge on any atom is -0.389 e. The number of benzene rings is 1. The minimum atomic E-state index is -0.800. The molecule has 4 heteroatoms. The third kappa shape index (κ3) is 3.53. The van der Waals surface area contributed by atoms with Gasteiger partial charge in [-0.1, -0.05) is 12.1 Å². The van der Waals surface area contributed by atoms with Gasteiger partial charge in [-0.05, 0) is 37.0 Å². The second-order valence-electron chi connectivity index (χ2n) is 5.52. The van der Waals surface area contributed by atoms with E-state index in [1.54, 1.807) is 20.1 Å². The van der Waals surface area contributed by atoms with Gasteiger partial charge in [-0.15, -0.1) is 0 Å². The van der Waals surface area contributed by atoms with Crippen LogP contribution in [-0.2, 0) is 11.2 Å². The maximum absolute atomic E-state index is 13.6. The van der Waals surface area contributed by atoms with Crippen molar-refractivity contribution in [2.45, 2.75) is 37.8 Å². The highest BCUT2D eigenvalue weighted by Gasteiger charge is 2.27. The van der Waals surface area contributed by atoms with Crippen molar-refractivity contribution in [3.8, 4) is 0 Å². The molecule has 1 aliphatic rings. The maximum atomic E-state index is 13.6. The van der Waals surface area contributed by atoms with E-state index in [2.05, 4.69) is 5.32 Å². The van der Waals surface area contributed by atoms with Crippen LogP contribution in [0.15, 0.2) is 18.2 Å². The predicted octanol–water partition coefficient (Wildman–Crippen LogP) is 2.19. The number of ether oxygens (including phenoxy) is 1. The molecule has 1 aliphatic carbocycles. The van der Waals surface area contributed by atoms with E-state index in [4.69, 9.17) is 4.74 Å². The Balaban J connectivity index is 1.94. The Morgan fingerprint density at radius 2 is 2.32 bits per heavy atom. The Kier molecular flexibility index (Phi) is 4.55. The van der Waals surface area contributed by atoms with E-state index in [0.29, 0.717) is 19.6 Å². The molecule has 0 saturated heterocycles. The molecule has 0 amide bonds. The van der Waals surface area contributed by atoms with Gasteiger partial charge in [0.2, 0.25) is 0 Å². The van der Waals surface area contributed by atoms with Gasteiger partial charge in [0.1, 0.15) is 5.82 Å². The van der Waals surface area contributed by atoms with E-state index in [0.717, 1.165) is 24.0 Å². The number of halogens is 1. The van der Waals surface area contributed by atoms with Crippen molar-refractivity contribution in [1.82, 2.24) is 5.32 Å². The van der Waals surface area contributed by atoms with Gasteiger partial charge in [0.15, 0.2) is 0 Å². The number of rotatable bonds is 6. The molecular formula is C15H22FNO2. The Morgan fingerprint density at radius 3 is 3.05 bits per heavy atom. The highest BCUT2D eigenvalue weighted by molar-refractivity contribution is 5.35. The zero-order valence-electron chi connectivity index (χ0n) is 11.6. The van der Waals surface area contributed by atoms with Crippen LogP contribution >= 0.6 is 0 Å². The normalized spacial score (nSPS) is 21.2. The lowest BCUT2D eigenvalue weighted by Crippen LogP contribution is -2.39. The summed E-state index contributed by atoms with van der Waals surface area (Å²) in [5.41, 5.74) is 1.05. The van der Waals surface area contributed by atoms with Gasteiger partial charge in [-0.2, -0.15) is 0 Å². The van der Waals surface area contributed by atoms with E-state index < -0.39 is 5.60 Å². The smallest absolute Gasteiger partial charge is 0.126 e. The Labute approximate surface area is 113 Å². The zero-order valence-corrected chi connectivity index (χ0v) is 11.6. The van der Waals surface area contributed by atoms with Crippen molar-refractivity contribution in [1.29, 1.82) is 0 Å². The van der Waals surface area contributed by atoms with Crippen LogP contribution in [0.4, 0.5) is 4.39 Å². The third-order valence-corrected chi connectivity index (χ3v) is 3.79. The average Bonchev–Trinajstić information content (AvgIpc) is 2.79. The van der Waals surface area contributed by atoms with Gasteiger partial charge in [0.25, 0.3) is 0 Å². The van der Waals surface area contributed by atoms with Gasteiger partial charge in [-0.25, -0.2) is 4.39 Å². The first-order valence-electron chi connectivity index (χ1n) is 6.75. The van der Waals surface area contributed by atoms with E-state index in [1.165, 1.54) is 6.07 Å². The predicted molar refractivity (Wildman–Crippen MR) is 72.6 cm³/mol. The topological polar surface area (TPSA) is 41.5 Å². The zero-order chi connectivity index (χ0) is 13.9. The second kappa shape index (κ2) is 5.99. The summed E-state index contributed by atoms with van der Waals surface area (Å²) in [6.45, 7) is 2.81. The largest absolute Gasteiger partial charge is 0.389 e. The van der Waals surface area contributed by atoms with Gasteiger partial charge in [-0.3, -0.25) is 0 Å². The Hall–Kier alpha value is -0.970. The fourth-order valence-electron chi connectivity index (χ4n) is 2.58. The van der Waals surface area contributed by atoms with Crippen LogP contribution in [0.3, 0.4) is 0 Å². The lowest BCUT2D eigenvalue weighted by Gasteiger charge is -2.26. The summed E-state index contributed by atoms with van der Waals surface area (Å²) in [6, 6.07) is 5.36. The number of methoxy groups -OCH3 is 1. The molecule has 0 spiro atoms. The SMILES string of the molecule is COCCC(C)(O)CNC1CCc2c(F)cccc21. The van der Waals surface area contributed by atoms with Gasteiger partial charge in [0, 0.05) is 32.7 Å². The Bertz CT molecular complexity index is 434. The molecular weight excluding hydrogens is 245 g/mol. The number of hydrogen-bond acceptors (Lipinski definition) is 3. The molecule has 1 aromatic rings. The summed E-state index contributed by atoms with van der Waals surface area (Å²) in [5.74, 6) is -0.118. The first-order valence-corrected chi connectivity index (χ1v) is 6.75. The molecule has 2 unspecified atom stereocenters. The summed E-state index contributed by atoms with van der Waals surface area (Å²) in [7, 11) is 1.62. The molecule has 106 valence electrons. The molecule has 0 saturated carbocycles. The van der Waals surface area contributed by atoms with Crippen LogP contribution < -0.4 is 5.32 Å². The summed E-state index contributed by atoms with van der Waals surface area (Å²) in [6.07, 6.45) is 2.23. The van der Waals surface area contributed by atoms with Crippen LogP contribution in [0.2, 0.25) is 0 Å². The quantitative estimate of drug-likeness (QED) is 0.830. The molecule has 3 nitrogen and oxygen atoms in total. The van der Waals surface area contributed by atoms with Gasteiger partial charge < -0.3 is 15.2 Å². The molecule has 19 heavy (non-hydrogen) atoms. The van der Waals surface area contributed by atoms with Crippen molar-refractivity contribution < 1.29 is 14.2 Å². The van der Waals surface area contributed by atoms with Gasteiger partial charge in [0.05, 0.1) is 5.60 Å². The summed E-state index contributed by atoms with van der Waals surface area (Å²) in [4.78, 5) is 0. The highest BCUT2D eigenvalue weighted by atomic mass is 19.1. The van der Waals surface area contributed by atoms with Crippen LogP contribution in [0.1, 0.15) is 36.9 Å². The molecule has 0 aromatic heterocycles. The monoisotopic (exact) mass is 267 g/mol. The third-order valence-electron chi connectivity index (χ3n) is 3.79.